The van der Waals surface area contributed by atoms with Crippen molar-refractivity contribution in [2.45, 2.75) is 17.6 Å². The zero-order chi connectivity index (χ0) is 13.7. The lowest BCUT2D eigenvalue weighted by molar-refractivity contribution is 0.0600. The molecule has 1 aromatic carbocycles. The van der Waals surface area contributed by atoms with Gasteiger partial charge in [0, 0.05) is 16.8 Å². The molecule has 0 radical (unpaired) electrons. The number of pyridine rings is 1. The second-order valence-electron chi connectivity index (χ2n) is 4.13. The highest BCUT2D eigenvalue weighted by molar-refractivity contribution is 7.98. The number of carbonyl (C=O) groups is 1. The largest absolute Gasteiger partial charge is 0.465 e. The maximum atomic E-state index is 11.3. The Morgan fingerprint density at radius 1 is 1.21 bits per heavy atom. The average molecular weight is 273 g/mol. The van der Waals surface area contributed by atoms with Crippen LogP contribution < -0.4 is 0 Å². The first-order valence-corrected chi connectivity index (χ1v) is 6.90. The maximum absolute atomic E-state index is 11.3. The van der Waals surface area contributed by atoms with E-state index in [2.05, 4.69) is 40.9 Å². The fourth-order valence-corrected chi connectivity index (χ4v) is 2.35. The Bertz CT molecular complexity index is 549. The molecule has 0 spiro atoms. The molecule has 0 unspecified atom stereocenters. The summed E-state index contributed by atoms with van der Waals surface area (Å²) in [6.07, 6.45) is 1.55. The number of aromatic nitrogens is 1. The Labute approximate surface area is 117 Å². The van der Waals surface area contributed by atoms with Gasteiger partial charge in [-0.05, 0) is 31.2 Å². The number of rotatable bonds is 4. The molecule has 0 saturated heterocycles. The molecule has 1 heterocycles. The highest BCUT2D eigenvalue weighted by Gasteiger charge is 2.05. The number of aryl methyl sites for hydroxylation is 1. The summed E-state index contributed by atoms with van der Waals surface area (Å²) in [5, 5.41) is 0. The normalized spacial score (nSPS) is 10.2. The Morgan fingerprint density at radius 2 is 1.95 bits per heavy atom. The van der Waals surface area contributed by atoms with E-state index in [1.54, 1.807) is 24.0 Å². The lowest BCUT2D eigenvalue weighted by Gasteiger charge is -2.03. The Kier molecular flexibility index (Phi) is 4.58. The Hall–Kier alpha value is -1.81. The molecule has 98 valence electrons. The van der Waals surface area contributed by atoms with Gasteiger partial charge >= 0.3 is 5.97 Å². The van der Waals surface area contributed by atoms with E-state index >= 15 is 0 Å². The molecule has 0 N–H and O–H groups in total. The third kappa shape index (κ3) is 3.83. The van der Waals surface area contributed by atoms with Crippen LogP contribution in [0.25, 0.3) is 0 Å². The summed E-state index contributed by atoms with van der Waals surface area (Å²) in [6, 6.07) is 12.0. The van der Waals surface area contributed by atoms with Crippen molar-refractivity contribution in [3.63, 3.8) is 0 Å². The molecule has 0 saturated carbocycles. The average Bonchev–Trinajstić information content (AvgIpc) is 2.46. The number of carbonyl (C=O) groups excluding carboxylic acids is 1. The topological polar surface area (TPSA) is 39.2 Å². The molecule has 2 aromatic rings. The van der Waals surface area contributed by atoms with Crippen LogP contribution in [-0.2, 0) is 10.5 Å². The van der Waals surface area contributed by atoms with Gasteiger partial charge in [0.1, 0.15) is 0 Å². The van der Waals surface area contributed by atoms with Crippen molar-refractivity contribution < 1.29 is 9.53 Å². The van der Waals surface area contributed by atoms with Gasteiger partial charge in [-0.2, -0.15) is 0 Å². The fraction of sp³-hybridized carbons (Fsp3) is 0.200. The molecule has 0 fully saturated rings. The standard InChI is InChI=1S/C15H15NO2S/c1-11-3-7-14(8-4-11)19-10-13-6-5-12(9-16-13)15(17)18-2/h3-9H,10H2,1-2H3. The summed E-state index contributed by atoms with van der Waals surface area (Å²) in [5.41, 5.74) is 2.68. The van der Waals surface area contributed by atoms with E-state index in [4.69, 9.17) is 0 Å². The van der Waals surface area contributed by atoms with Gasteiger partial charge in [0.25, 0.3) is 0 Å². The van der Waals surface area contributed by atoms with Crippen LogP contribution in [0.1, 0.15) is 21.6 Å². The zero-order valence-electron chi connectivity index (χ0n) is 10.9. The van der Waals surface area contributed by atoms with Crippen LogP contribution in [0.3, 0.4) is 0 Å². The molecule has 0 aliphatic rings. The lowest BCUT2D eigenvalue weighted by Crippen LogP contribution is -2.02. The minimum Gasteiger partial charge on any atom is -0.465 e. The first kappa shape index (κ1) is 13.6. The van der Waals surface area contributed by atoms with Gasteiger partial charge in [0.2, 0.25) is 0 Å². The van der Waals surface area contributed by atoms with E-state index in [-0.39, 0.29) is 5.97 Å². The number of nitrogens with zero attached hydrogens (tertiary/aromatic N) is 1. The fourth-order valence-electron chi connectivity index (χ4n) is 1.54. The minimum atomic E-state index is -0.356. The zero-order valence-corrected chi connectivity index (χ0v) is 11.7. The van der Waals surface area contributed by atoms with Crippen molar-refractivity contribution in [2.75, 3.05) is 7.11 Å². The molecular weight excluding hydrogens is 258 g/mol. The van der Waals surface area contributed by atoms with Gasteiger partial charge in [-0.15, -0.1) is 11.8 Å². The first-order valence-electron chi connectivity index (χ1n) is 5.92. The summed E-state index contributed by atoms with van der Waals surface area (Å²) >= 11 is 1.72. The summed E-state index contributed by atoms with van der Waals surface area (Å²) < 4.78 is 4.63. The van der Waals surface area contributed by atoms with E-state index < -0.39 is 0 Å². The smallest absolute Gasteiger partial charge is 0.339 e. The molecule has 0 atom stereocenters. The second kappa shape index (κ2) is 6.38. The molecule has 19 heavy (non-hydrogen) atoms. The van der Waals surface area contributed by atoms with Gasteiger partial charge in [-0.1, -0.05) is 17.7 Å². The molecular formula is C15H15NO2S. The third-order valence-electron chi connectivity index (χ3n) is 2.65. The molecule has 1 aromatic heterocycles. The van der Waals surface area contributed by atoms with Gasteiger partial charge < -0.3 is 4.74 Å². The monoisotopic (exact) mass is 273 g/mol. The Balaban J connectivity index is 1.96. The van der Waals surface area contributed by atoms with Crippen molar-refractivity contribution in [1.29, 1.82) is 0 Å². The van der Waals surface area contributed by atoms with E-state index in [0.717, 1.165) is 11.4 Å². The summed E-state index contributed by atoms with van der Waals surface area (Å²) in [5.74, 6) is 0.426. The Morgan fingerprint density at radius 3 is 2.53 bits per heavy atom. The number of methoxy groups -OCH3 is 1. The first-order chi connectivity index (χ1) is 9.19. The van der Waals surface area contributed by atoms with Crippen molar-refractivity contribution >= 4 is 17.7 Å². The van der Waals surface area contributed by atoms with Crippen molar-refractivity contribution in [1.82, 2.24) is 4.98 Å². The highest BCUT2D eigenvalue weighted by Crippen LogP contribution is 2.22. The van der Waals surface area contributed by atoms with E-state index in [1.165, 1.54) is 17.6 Å². The summed E-state index contributed by atoms with van der Waals surface area (Å²) in [7, 11) is 1.36. The lowest BCUT2D eigenvalue weighted by atomic mass is 10.2. The van der Waals surface area contributed by atoms with Crippen molar-refractivity contribution in [3.8, 4) is 0 Å². The predicted octanol–water partition coefficient (Wildman–Crippen LogP) is 3.47. The number of hydrogen-bond donors (Lipinski definition) is 0. The highest BCUT2D eigenvalue weighted by atomic mass is 32.2. The SMILES string of the molecule is COC(=O)c1ccc(CSc2ccc(C)cc2)nc1. The number of esters is 1. The van der Waals surface area contributed by atoms with Crippen molar-refractivity contribution in [2.24, 2.45) is 0 Å². The molecule has 0 bridgehead atoms. The van der Waals surface area contributed by atoms with Gasteiger partial charge in [0.15, 0.2) is 0 Å². The molecule has 2 rings (SSSR count). The number of ether oxygens (including phenoxy) is 1. The second-order valence-corrected chi connectivity index (χ2v) is 5.18. The molecule has 4 heteroatoms. The van der Waals surface area contributed by atoms with Crippen LogP contribution in [0, 0.1) is 6.92 Å². The predicted molar refractivity (Wildman–Crippen MR) is 76.3 cm³/mol. The molecule has 0 amide bonds. The van der Waals surface area contributed by atoms with E-state index in [9.17, 15) is 4.79 Å². The van der Waals surface area contributed by atoms with Gasteiger partial charge in [0.05, 0.1) is 18.4 Å². The number of benzene rings is 1. The van der Waals surface area contributed by atoms with Crippen LogP contribution in [0.15, 0.2) is 47.5 Å². The number of hydrogen-bond acceptors (Lipinski definition) is 4. The van der Waals surface area contributed by atoms with Crippen LogP contribution in [0.5, 0.6) is 0 Å². The minimum absolute atomic E-state index is 0.356. The van der Waals surface area contributed by atoms with Crippen LogP contribution >= 0.6 is 11.8 Å². The maximum Gasteiger partial charge on any atom is 0.339 e. The molecule has 3 nitrogen and oxygen atoms in total. The van der Waals surface area contributed by atoms with Gasteiger partial charge in [-0.3, -0.25) is 4.98 Å². The third-order valence-corrected chi connectivity index (χ3v) is 3.70. The summed E-state index contributed by atoms with van der Waals surface area (Å²) in [6.45, 7) is 2.07. The van der Waals surface area contributed by atoms with Crippen LogP contribution in [0.4, 0.5) is 0 Å². The molecule has 0 aliphatic carbocycles. The quantitative estimate of drug-likeness (QED) is 0.631. The van der Waals surface area contributed by atoms with Crippen molar-refractivity contribution in [3.05, 3.63) is 59.4 Å². The van der Waals surface area contributed by atoms with Gasteiger partial charge in [-0.25, -0.2) is 4.79 Å². The summed E-state index contributed by atoms with van der Waals surface area (Å²) in [4.78, 5) is 16.7. The van der Waals surface area contributed by atoms with E-state index in [1.807, 2.05) is 6.07 Å². The van der Waals surface area contributed by atoms with Crippen LogP contribution in [-0.4, -0.2) is 18.1 Å². The van der Waals surface area contributed by atoms with Crippen LogP contribution in [0.2, 0.25) is 0 Å². The molecule has 0 aliphatic heterocycles. The van der Waals surface area contributed by atoms with E-state index in [0.29, 0.717) is 5.56 Å². The number of thioether (sulfide) groups is 1.